The Morgan fingerprint density at radius 3 is 2.69 bits per heavy atom. The summed E-state index contributed by atoms with van der Waals surface area (Å²) in [7, 11) is 3.61. The first kappa shape index (κ1) is 13.5. The molecule has 0 bridgehead atoms. The number of likely N-dealkylation sites (tertiary alicyclic amines) is 1. The Bertz CT molecular complexity index is 228. The average Bonchev–Trinajstić information content (AvgIpc) is 2.66. The van der Waals surface area contributed by atoms with Crippen LogP contribution in [0.2, 0.25) is 0 Å². The molecule has 4 heteroatoms. The maximum absolute atomic E-state index is 11.4. The lowest BCUT2D eigenvalue weighted by molar-refractivity contribution is -0.128. The number of nitrogens with one attached hydrogen (secondary N) is 1. The highest BCUT2D eigenvalue weighted by Crippen LogP contribution is 2.11. The van der Waals surface area contributed by atoms with Crippen molar-refractivity contribution in [1.29, 1.82) is 0 Å². The summed E-state index contributed by atoms with van der Waals surface area (Å²) in [6, 6.07) is 1.20. The van der Waals surface area contributed by atoms with Gasteiger partial charge in [-0.05, 0) is 26.8 Å². The fourth-order valence-corrected chi connectivity index (χ4v) is 2.03. The summed E-state index contributed by atoms with van der Waals surface area (Å²) in [5, 5.41) is 3.46. The minimum Gasteiger partial charge on any atom is -0.349 e. The van der Waals surface area contributed by atoms with Crippen LogP contribution in [0.3, 0.4) is 0 Å². The van der Waals surface area contributed by atoms with Gasteiger partial charge >= 0.3 is 0 Å². The lowest BCUT2D eigenvalue weighted by Crippen LogP contribution is -2.37. The van der Waals surface area contributed by atoms with Crippen LogP contribution in [0.4, 0.5) is 0 Å². The van der Waals surface area contributed by atoms with Crippen LogP contribution in [0.1, 0.15) is 26.7 Å². The monoisotopic (exact) mass is 227 g/mol. The number of nitrogens with zero attached hydrogens (tertiary/aromatic N) is 2. The zero-order chi connectivity index (χ0) is 12.1. The SMILES string of the molecule is CC(C)N1CCC(NCCC(=O)N(C)C)C1. The second kappa shape index (κ2) is 6.21. The van der Waals surface area contributed by atoms with Gasteiger partial charge in [0.25, 0.3) is 0 Å². The highest BCUT2D eigenvalue weighted by atomic mass is 16.2. The molecule has 1 N–H and O–H groups in total. The molecular weight excluding hydrogens is 202 g/mol. The summed E-state index contributed by atoms with van der Waals surface area (Å²) in [6.07, 6.45) is 1.81. The maximum Gasteiger partial charge on any atom is 0.223 e. The molecule has 1 amide bonds. The van der Waals surface area contributed by atoms with Gasteiger partial charge in [0, 0.05) is 45.7 Å². The molecule has 0 aliphatic carbocycles. The topological polar surface area (TPSA) is 35.6 Å². The standard InChI is InChI=1S/C12H25N3O/c1-10(2)15-8-6-11(9-15)13-7-5-12(16)14(3)4/h10-11,13H,5-9H2,1-4H3. The Kier molecular flexibility index (Phi) is 5.22. The minimum absolute atomic E-state index is 0.200. The van der Waals surface area contributed by atoms with Crippen LogP contribution >= 0.6 is 0 Å². The first-order chi connectivity index (χ1) is 7.50. The lowest BCUT2D eigenvalue weighted by atomic mass is 10.2. The molecule has 1 aliphatic rings. The Labute approximate surface area is 99.0 Å². The van der Waals surface area contributed by atoms with Gasteiger partial charge in [-0.2, -0.15) is 0 Å². The molecule has 94 valence electrons. The van der Waals surface area contributed by atoms with E-state index in [-0.39, 0.29) is 5.91 Å². The molecule has 0 saturated carbocycles. The van der Waals surface area contributed by atoms with Crippen molar-refractivity contribution < 1.29 is 4.79 Å². The quantitative estimate of drug-likeness (QED) is 0.744. The number of amides is 1. The van der Waals surface area contributed by atoms with Crippen LogP contribution < -0.4 is 5.32 Å². The molecule has 1 fully saturated rings. The van der Waals surface area contributed by atoms with Gasteiger partial charge < -0.3 is 10.2 Å². The molecule has 4 nitrogen and oxygen atoms in total. The van der Waals surface area contributed by atoms with E-state index >= 15 is 0 Å². The third-order valence-electron chi connectivity index (χ3n) is 3.22. The predicted octanol–water partition coefficient (Wildman–Crippen LogP) is 0.537. The van der Waals surface area contributed by atoms with E-state index in [1.807, 2.05) is 0 Å². The number of hydrogen-bond donors (Lipinski definition) is 1. The van der Waals surface area contributed by atoms with Crippen molar-refractivity contribution in [3.8, 4) is 0 Å². The summed E-state index contributed by atoms with van der Waals surface area (Å²) in [4.78, 5) is 15.5. The summed E-state index contributed by atoms with van der Waals surface area (Å²) in [6.45, 7) is 7.56. The fourth-order valence-electron chi connectivity index (χ4n) is 2.03. The van der Waals surface area contributed by atoms with Gasteiger partial charge in [0.2, 0.25) is 5.91 Å². The highest BCUT2D eigenvalue weighted by Gasteiger charge is 2.23. The summed E-state index contributed by atoms with van der Waals surface area (Å²) < 4.78 is 0. The largest absolute Gasteiger partial charge is 0.349 e. The zero-order valence-corrected chi connectivity index (χ0v) is 11.0. The van der Waals surface area contributed by atoms with E-state index in [1.165, 1.54) is 13.0 Å². The number of rotatable bonds is 5. The van der Waals surface area contributed by atoms with Gasteiger partial charge in [-0.15, -0.1) is 0 Å². The van der Waals surface area contributed by atoms with E-state index < -0.39 is 0 Å². The van der Waals surface area contributed by atoms with E-state index in [4.69, 9.17) is 0 Å². The minimum atomic E-state index is 0.200. The summed E-state index contributed by atoms with van der Waals surface area (Å²) >= 11 is 0. The van der Waals surface area contributed by atoms with Crippen LogP contribution in [0.15, 0.2) is 0 Å². The molecule has 0 aromatic carbocycles. The number of carbonyl (C=O) groups is 1. The molecule has 1 saturated heterocycles. The van der Waals surface area contributed by atoms with E-state index in [0.717, 1.165) is 13.1 Å². The van der Waals surface area contributed by atoms with Gasteiger partial charge in [0.15, 0.2) is 0 Å². The van der Waals surface area contributed by atoms with Gasteiger partial charge in [-0.25, -0.2) is 0 Å². The van der Waals surface area contributed by atoms with Gasteiger partial charge in [0.1, 0.15) is 0 Å². The molecule has 16 heavy (non-hydrogen) atoms. The van der Waals surface area contributed by atoms with Gasteiger partial charge in [0.05, 0.1) is 0 Å². The van der Waals surface area contributed by atoms with E-state index in [2.05, 4.69) is 24.1 Å². The van der Waals surface area contributed by atoms with Crippen LogP contribution in [0, 0.1) is 0 Å². The molecule has 1 heterocycles. The van der Waals surface area contributed by atoms with Crippen molar-refractivity contribution in [3.05, 3.63) is 0 Å². The van der Waals surface area contributed by atoms with Crippen molar-refractivity contribution in [1.82, 2.24) is 15.1 Å². The Morgan fingerprint density at radius 1 is 1.50 bits per heavy atom. The second-order valence-corrected chi connectivity index (χ2v) is 5.07. The molecule has 0 aromatic rings. The normalized spacial score (nSPS) is 21.7. The fraction of sp³-hybridized carbons (Fsp3) is 0.917. The Balaban J connectivity index is 2.13. The summed E-state index contributed by atoms with van der Waals surface area (Å²) in [5.74, 6) is 0.200. The highest BCUT2D eigenvalue weighted by molar-refractivity contribution is 5.75. The molecule has 1 atom stereocenters. The van der Waals surface area contributed by atoms with Crippen LogP contribution in [-0.4, -0.2) is 61.5 Å². The first-order valence-corrected chi connectivity index (χ1v) is 6.18. The first-order valence-electron chi connectivity index (χ1n) is 6.18. The van der Waals surface area contributed by atoms with Crippen molar-refractivity contribution in [2.24, 2.45) is 0 Å². The van der Waals surface area contributed by atoms with Crippen molar-refractivity contribution >= 4 is 5.91 Å². The van der Waals surface area contributed by atoms with Crippen LogP contribution in [0.5, 0.6) is 0 Å². The van der Waals surface area contributed by atoms with Crippen molar-refractivity contribution in [3.63, 3.8) is 0 Å². The third-order valence-corrected chi connectivity index (χ3v) is 3.22. The molecule has 1 aliphatic heterocycles. The Morgan fingerprint density at radius 2 is 2.19 bits per heavy atom. The second-order valence-electron chi connectivity index (χ2n) is 5.07. The van der Waals surface area contributed by atoms with E-state index in [0.29, 0.717) is 18.5 Å². The molecule has 0 spiro atoms. The van der Waals surface area contributed by atoms with Crippen molar-refractivity contribution in [2.45, 2.75) is 38.8 Å². The smallest absolute Gasteiger partial charge is 0.223 e. The number of carbonyl (C=O) groups excluding carboxylic acids is 1. The number of hydrogen-bond acceptors (Lipinski definition) is 3. The molecular formula is C12H25N3O. The predicted molar refractivity (Wildman–Crippen MR) is 66.4 cm³/mol. The molecule has 1 unspecified atom stereocenters. The molecule has 0 radical (unpaired) electrons. The van der Waals surface area contributed by atoms with Gasteiger partial charge in [-0.1, -0.05) is 0 Å². The van der Waals surface area contributed by atoms with E-state index in [9.17, 15) is 4.79 Å². The van der Waals surface area contributed by atoms with E-state index in [1.54, 1.807) is 19.0 Å². The Hall–Kier alpha value is -0.610. The zero-order valence-electron chi connectivity index (χ0n) is 11.0. The molecule has 1 rings (SSSR count). The van der Waals surface area contributed by atoms with Crippen LogP contribution in [-0.2, 0) is 4.79 Å². The lowest BCUT2D eigenvalue weighted by Gasteiger charge is -2.20. The van der Waals surface area contributed by atoms with Gasteiger partial charge in [-0.3, -0.25) is 9.69 Å². The molecule has 0 aromatic heterocycles. The average molecular weight is 227 g/mol. The van der Waals surface area contributed by atoms with Crippen LogP contribution in [0.25, 0.3) is 0 Å². The van der Waals surface area contributed by atoms with Crippen molar-refractivity contribution in [2.75, 3.05) is 33.7 Å². The maximum atomic E-state index is 11.4. The summed E-state index contributed by atoms with van der Waals surface area (Å²) in [5.41, 5.74) is 0. The third kappa shape index (κ3) is 4.10.